The van der Waals surface area contributed by atoms with Crippen LogP contribution in [0.1, 0.15) is 36.4 Å². The summed E-state index contributed by atoms with van der Waals surface area (Å²) in [6.45, 7) is 15.9. The van der Waals surface area contributed by atoms with Gasteiger partial charge >= 0.3 is 0 Å². The lowest BCUT2D eigenvalue weighted by Crippen LogP contribution is -2.04. The van der Waals surface area contributed by atoms with Crippen LogP contribution < -0.4 is 5.32 Å². The molecule has 0 saturated heterocycles. The summed E-state index contributed by atoms with van der Waals surface area (Å²) in [5.41, 5.74) is 8.72. The van der Waals surface area contributed by atoms with Crippen molar-refractivity contribution in [2.45, 2.75) is 27.7 Å². The van der Waals surface area contributed by atoms with E-state index in [2.05, 4.69) is 57.5 Å². The summed E-state index contributed by atoms with van der Waals surface area (Å²) in [4.78, 5) is 17.2. The smallest absolute Gasteiger partial charge is 0.181 e. The first-order chi connectivity index (χ1) is 18.7. The fourth-order valence-corrected chi connectivity index (χ4v) is 4.40. The molecule has 196 valence electrons. The fraction of sp³-hybridized carbons (Fsp3) is 0.161. The maximum absolute atomic E-state index is 14.2. The van der Waals surface area contributed by atoms with E-state index < -0.39 is 0 Å². The number of hydrogen-bond acceptors (Lipinski definition) is 5. The van der Waals surface area contributed by atoms with E-state index in [1.807, 2.05) is 38.1 Å². The van der Waals surface area contributed by atoms with Crippen molar-refractivity contribution in [1.29, 1.82) is 0 Å². The standard InChI is InChI=1S/C31H30FN7/c1-7-8-26(21-9-18(4)10-24(32)11-21)28-20(6)36-31(37-28)29-27-13-23(15-34-30(27)39-38-29)22-12-25(16-33-14-22)35-19(5)17(2)3/h7-17,35H,1,5H2,2-4,6H3,(H,36,37)(H,34,38,39)/b26-8-. The van der Waals surface area contributed by atoms with Gasteiger partial charge in [-0.25, -0.2) is 14.4 Å². The fourth-order valence-electron chi connectivity index (χ4n) is 4.40. The van der Waals surface area contributed by atoms with Crippen molar-refractivity contribution in [2.75, 3.05) is 5.32 Å². The highest BCUT2D eigenvalue weighted by molar-refractivity contribution is 5.92. The van der Waals surface area contributed by atoms with Gasteiger partial charge in [0.15, 0.2) is 11.5 Å². The largest absolute Gasteiger partial charge is 0.358 e. The van der Waals surface area contributed by atoms with E-state index in [1.54, 1.807) is 24.7 Å². The van der Waals surface area contributed by atoms with Gasteiger partial charge in [0.05, 0.1) is 23.0 Å². The number of nitrogens with one attached hydrogen (secondary N) is 3. The summed E-state index contributed by atoms with van der Waals surface area (Å²) in [5, 5.41) is 11.6. The Hall–Kier alpha value is -4.85. The van der Waals surface area contributed by atoms with Crippen LogP contribution in [0.2, 0.25) is 0 Å². The van der Waals surface area contributed by atoms with Crippen LogP contribution >= 0.6 is 0 Å². The molecular formula is C31H30FN7. The predicted molar refractivity (Wildman–Crippen MR) is 155 cm³/mol. The van der Waals surface area contributed by atoms with E-state index >= 15 is 0 Å². The lowest BCUT2D eigenvalue weighted by molar-refractivity contribution is 0.626. The normalized spacial score (nSPS) is 11.8. The number of pyridine rings is 2. The van der Waals surface area contributed by atoms with Gasteiger partial charge in [-0.05, 0) is 55.2 Å². The number of H-pyrrole nitrogens is 2. The zero-order valence-corrected chi connectivity index (χ0v) is 22.4. The summed E-state index contributed by atoms with van der Waals surface area (Å²) >= 11 is 0. The molecule has 0 bridgehead atoms. The molecule has 0 aliphatic rings. The quantitative estimate of drug-likeness (QED) is 0.186. The van der Waals surface area contributed by atoms with Gasteiger partial charge in [0.2, 0.25) is 0 Å². The van der Waals surface area contributed by atoms with Crippen molar-refractivity contribution in [3.8, 4) is 22.6 Å². The highest BCUT2D eigenvalue weighted by Gasteiger charge is 2.19. The van der Waals surface area contributed by atoms with E-state index in [0.29, 0.717) is 28.8 Å². The van der Waals surface area contributed by atoms with Crippen LogP contribution in [0.15, 0.2) is 79.9 Å². The topological polar surface area (TPSA) is 95.2 Å². The maximum atomic E-state index is 14.2. The minimum atomic E-state index is -0.297. The maximum Gasteiger partial charge on any atom is 0.181 e. The number of nitrogens with zero attached hydrogens (tertiary/aromatic N) is 4. The number of aryl methyl sites for hydroxylation is 2. The number of allylic oxidation sites excluding steroid dienone is 3. The van der Waals surface area contributed by atoms with Crippen LogP contribution in [0.25, 0.3) is 39.3 Å². The summed E-state index contributed by atoms with van der Waals surface area (Å²) in [6, 6.07) is 8.98. The third-order valence-corrected chi connectivity index (χ3v) is 6.50. The second kappa shape index (κ2) is 10.5. The molecule has 0 atom stereocenters. The second-order valence-electron chi connectivity index (χ2n) is 9.85. The number of rotatable bonds is 8. The minimum absolute atomic E-state index is 0.297. The van der Waals surface area contributed by atoms with E-state index in [-0.39, 0.29) is 5.82 Å². The molecule has 1 aromatic carbocycles. The van der Waals surface area contributed by atoms with Gasteiger partial charge in [-0.15, -0.1) is 0 Å². The Balaban J connectivity index is 1.54. The van der Waals surface area contributed by atoms with Gasteiger partial charge in [0, 0.05) is 40.5 Å². The highest BCUT2D eigenvalue weighted by atomic mass is 19.1. The van der Waals surface area contributed by atoms with Crippen LogP contribution in [0.4, 0.5) is 10.1 Å². The Morgan fingerprint density at radius 3 is 2.59 bits per heavy atom. The number of hydrogen-bond donors (Lipinski definition) is 3. The Morgan fingerprint density at radius 1 is 1.05 bits per heavy atom. The van der Waals surface area contributed by atoms with Crippen molar-refractivity contribution in [3.63, 3.8) is 0 Å². The Kier molecular flexibility index (Phi) is 6.94. The number of halogens is 1. The lowest BCUT2D eigenvalue weighted by atomic mass is 9.99. The van der Waals surface area contributed by atoms with E-state index in [4.69, 9.17) is 4.98 Å². The van der Waals surface area contributed by atoms with Crippen molar-refractivity contribution < 1.29 is 4.39 Å². The molecule has 4 aromatic heterocycles. The lowest BCUT2D eigenvalue weighted by Gasteiger charge is -2.13. The van der Waals surface area contributed by atoms with Crippen molar-refractivity contribution in [1.82, 2.24) is 30.1 Å². The zero-order valence-electron chi connectivity index (χ0n) is 22.4. The van der Waals surface area contributed by atoms with E-state index in [1.165, 1.54) is 12.1 Å². The summed E-state index contributed by atoms with van der Waals surface area (Å²) in [7, 11) is 0. The van der Waals surface area contributed by atoms with Gasteiger partial charge in [0.1, 0.15) is 11.5 Å². The van der Waals surface area contributed by atoms with Gasteiger partial charge in [-0.1, -0.05) is 45.2 Å². The summed E-state index contributed by atoms with van der Waals surface area (Å²) in [6.07, 6.45) is 8.87. The van der Waals surface area contributed by atoms with Crippen molar-refractivity contribution >= 4 is 22.3 Å². The molecule has 8 heteroatoms. The third-order valence-electron chi connectivity index (χ3n) is 6.50. The van der Waals surface area contributed by atoms with Crippen LogP contribution in [-0.2, 0) is 0 Å². The van der Waals surface area contributed by atoms with Crippen LogP contribution in [0.5, 0.6) is 0 Å². The van der Waals surface area contributed by atoms with Crippen LogP contribution in [-0.4, -0.2) is 30.1 Å². The first kappa shape index (κ1) is 25.8. The summed E-state index contributed by atoms with van der Waals surface area (Å²) in [5.74, 6) is 0.608. The molecular weight excluding hydrogens is 489 g/mol. The Labute approximate surface area is 226 Å². The zero-order chi connectivity index (χ0) is 27.7. The summed E-state index contributed by atoms with van der Waals surface area (Å²) < 4.78 is 14.2. The van der Waals surface area contributed by atoms with E-state index in [0.717, 1.165) is 50.3 Å². The highest BCUT2D eigenvalue weighted by Crippen LogP contribution is 2.32. The molecule has 0 unspecified atom stereocenters. The molecule has 0 fully saturated rings. The van der Waals surface area contributed by atoms with Crippen molar-refractivity contribution in [2.24, 2.45) is 5.92 Å². The first-order valence-electron chi connectivity index (χ1n) is 12.7. The molecule has 7 nitrogen and oxygen atoms in total. The van der Waals surface area contributed by atoms with Crippen LogP contribution in [0, 0.1) is 25.6 Å². The number of benzene rings is 1. The number of aromatic amines is 2. The number of fused-ring (bicyclic) bond motifs is 1. The molecule has 5 aromatic rings. The molecule has 0 aliphatic heterocycles. The van der Waals surface area contributed by atoms with Crippen molar-refractivity contribution in [3.05, 3.63) is 108 Å². The number of anilines is 1. The second-order valence-corrected chi connectivity index (χ2v) is 9.85. The molecule has 5 rings (SSSR count). The molecule has 3 N–H and O–H groups in total. The Morgan fingerprint density at radius 2 is 1.85 bits per heavy atom. The van der Waals surface area contributed by atoms with Gasteiger partial charge in [0.25, 0.3) is 0 Å². The average Bonchev–Trinajstić information content (AvgIpc) is 3.49. The molecule has 0 saturated carbocycles. The third kappa shape index (κ3) is 5.27. The number of imidazole rings is 1. The first-order valence-corrected chi connectivity index (χ1v) is 12.7. The van der Waals surface area contributed by atoms with Gasteiger partial charge in [-0.3, -0.25) is 10.1 Å². The predicted octanol–water partition coefficient (Wildman–Crippen LogP) is 7.37. The molecule has 0 amide bonds. The SMILES string of the molecule is C=C/C=C(/c1cc(C)cc(F)c1)c1nc(-c2[nH]nc3ncc(-c4cncc(NC(=C)C(C)C)c4)cc23)[nH]c1C. The molecule has 0 spiro atoms. The van der Waals surface area contributed by atoms with Gasteiger partial charge < -0.3 is 10.3 Å². The number of aromatic nitrogens is 6. The molecule has 4 heterocycles. The average molecular weight is 520 g/mol. The van der Waals surface area contributed by atoms with E-state index in [9.17, 15) is 4.39 Å². The Bertz CT molecular complexity index is 1720. The molecule has 0 radical (unpaired) electrons. The minimum Gasteiger partial charge on any atom is -0.358 e. The van der Waals surface area contributed by atoms with Crippen LogP contribution in [0.3, 0.4) is 0 Å². The molecule has 0 aliphatic carbocycles. The monoisotopic (exact) mass is 519 g/mol. The van der Waals surface area contributed by atoms with Gasteiger partial charge in [-0.2, -0.15) is 5.10 Å². The molecule has 39 heavy (non-hydrogen) atoms.